The lowest BCUT2D eigenvalue weighted by Gasteiger charge is -2.13. The van der Waals surface area contributed by atoms with Gasteiger partial charge in [-0.3, -0.25) is 9.35 Å². The molecule has 37 heavy (non-hydrogen) atoms. The highest BCUT2D eigenvalue weighted by Crippen LogP contribution is 2.41. The zero-order valence-corrected chi connectivity index (χ0v) is 21.7. The van der Waals surface area contributed by atoms with Crippen LogP contribution in [-0.4, -0.2) is 31.1 Å². The fourth-order valence-corrected chi connectivity index (χ4v) is 5.20. The number of nitrogens with zero attached hydrogens (tertiary/aromatic N) is 2. The van der Waals surface area contributed by atoms with Gasteiger partial charge in [-0.2, -0.15) is 8.42 Å². The van der Waals surface area contributed by atoms with Crippen LogP contribution < -0.4 is 10.1 Å². The average Bonchev–Trinajstić information content (AvgIpc) is 2.84. The first-order chi connectivity index (χ1) is 17.5. The molecule has 0 fully saturated rings. The van der Waals surface area contributed by atoms with Crippen molar-refractivity contribution >= 4 is 67.1 Å². The van der Waals surface area contributed by atoms with Gasteiger partial charge in [0, 0.05) is 16.5 Å². The monoisotopic (exact) mass is 559 g/mol. The Morgan fingerprint density at radius 2 is 1.76 bits per heavy atom. The molecule has 3 N–H and O–H groups in total. The number of carbonyl (C=O) groups is 1. The number of phenols is 1. The molecule has 12 heteroatoms. The van der Waals surface area contributed by atoms with Crippen molar-refractivity contribution in [3.63, 3.8) is 0 Å². The van der Waals surface area contributed by atoms with Gasteiger partial charge in [0.25, 0.3) is 16.0 Å². The smallest absolute Gasteiger partial charge is 0.296 e. The van der Waals surface area contributed by atoms with Crippen molar-refractivity contribution in [1.82, 2.24) is 0 Å². The van der Waals surface area contributed by atoms with Gasteiger partial charge in [0.2, 0.25) is 0 Å². The molecule has 0 saturated heterocycles. The van der Waals surface area contributed by atoms with Crippen molar-refractivity contribution in [3.05, 3.63) is 81.8 Å². The van der Waals surface area contributed by atoms with E-state index in [0.717, 1.165) is 0 Å². The maximum atomic E-state index is 13.2. The highest BCUT2D eigenvalue weighted by molar-refractivity contribution is 7.86. The van der Waals surface area contributed by atoms with Crippen LogP contribution in [0.15, 0.2) is 75.8 Å². The topological polar surface area (TPSA) is 138 Å². The zero-order chi connectivity index (χ0) is 26.9. The van der Waals surface area contributed by atoms with Crippen molar-refractivity contribution < 1.29 is 27.6 Å². The highest BCUT2D eigenvalue weighted by Gasteiger charge is 2.22. The number of anilines is 1. The molecular formula is C25H19Cl2N3O6S. The number of fused-ring (bicyclic) bond motifs is 1. The number of aryl methyl sites for hydroxylation is 1. The molecule has 0 bridgehead atoms. The minimum Gasteiger partial charge on any atom is -0.505 e. The number of ether oxygens (including phenoxy) is 1. The number of halogens is 2. The predicted molar refractivity (Wildman–Crippen MR) is 142 cm³/mol. The number of aromatic hydroxyl groups is 1. The third kappa shape index (κ3) is 5.37. The predicted octanol–water partition coefficient (Wildman–Crippen LogP) is 7.08. The van der Waals surface area contributed by atoms with Crippen LogP contribution in [-0.2, 0) is 10.1 Å². The third-order valence-corrected chi connectivity index (χ3v) is 7.21. The van der Waals surface area contributed by atoms with Crippen LogP contribution in [0.5, 0.6) is 11.5 Å². The molecule has 0 aliphatic carbocycles. The Morgan fingerprint density at radius 3 is 2.46 bits per heavy atom. The molecule has 0 saturated carbocycles. The molecule has 4 aromatic carbocycles. The second-order valence-electron chi connectivity index (χ2n) is 7.86. The second kappa shape index (κ2) is 10.3. The van der Waals surface area contributed by atoms with Gasteiger partial charge in [0.1, 0.15) is 22.0 Å². The Balaban J connectivity index is 1.82. The van der Waals surface area contributed by atoms with Crippen molar-refractivity contribution in [2.24, 2.45) is 10.2 Å². The maximum Gasteiger partial charge on any atom is 0.296 e. The molecule has 0 heterocycles. The van der Waals surface area contributed by atoms with E-state index in [1.54, 1.807) is 36.4 Å². The fraction of sp³-hybridized carbons (Fsp3) is 0.0800. The summed E-state index contributed by atoms with van der Waals surface area (Å²) in [4.78, 5) is 12.7. The number of rotatable bonds is 6. The summed E-state index contributed by atoms with van der Waals surface area (Å²) in [6.07, 6.45) is 0. The van der Waals surface area contributed by atoms with Crippen molar-refractivity contribution in [3.8, 4) is 11.5 Å². The standard InChI is InChI=1S/C25H19Cl2N3O6S/c1-13-7-9-19(21(27)24(13)37(33,34)35)29-30-22-16-6-4-3-5-14(16)11-17(23(22)31)25(32)28-18-10-8-15(26)12-20(18)36-2/h3-12,31H,1-2H3,(H,28,32)(H,33,34,35). The summed E-state index contributed by atoms with van der Waals surface area (Å²) in [5, 5.41) is 23.0. The number of azo groups is 1. The Kier molecular flexibility index (Phi) is 7.37. The number of hydrogen-bond donors (Lipinski definition) is 3. The van der Waals surface area contributed by atoms with Crippen molar-refractivity contribution in [1.29, 1.82) is 0 Å². The lowest BCUT2D eigenvalue weighted by Crippen LogP contribution is -2.13. The minimum absolute atomic E-state index is 0.0450. The molecule has 9 nitrogen and oxygen atoms in total. The van der Waals surface area contributed by atoms with E-state index in [1.807, 2.05) is 0 Å². The third-order valence-electron chi connectivity index (χ3n) is 5.44. The summed E-state index contributed by atoms with van der Waals surface area (Å²) in [7, 11) is -3.20. The number of carbonyl (C=O) groups excluding carboxylic acids is 1. The molecule has 1 amide bonds. The van der Waals surface area contributed by atoms with Crippen LogP contribution in [0.3, 0.4) is 0 Å². The maximum absolute atomic E-state index is 13.2. The fourth-order valence-electron chi connectivity index (χ4n) is 3.69. The molecule has 0 aliphatic heterocycles. The first-order valence-corrected chi connectivity index (χ1v) is 12.8. The van der Waals surface area contributed by atoms with Gasteiger partial charge in [0.05, 0.1) is 23.4 Å². The summed E-state index contributed by atoms with van der Waals surface area (Å²) in [6.45, 7) is 1.47. The van der Waals surface area contributed by atoms with Gasteiger partial charge in [-0.25, -0.2) is 0 Å². The number of methoxy groups -OCH3 is 1. The molecule has 0 aliphatic rings. The van der Waals surface area contributed by atoms with Crippen LogP contribution >= 0.6 is 23.2 Å². The lowest BCUT2D eigenvalue weighted by molar-refractivity contribution is 0.102. The number of nitrogens with one attached hydrogen (secondary N) is 1. The Labute approximate surface area is 222 Å². The van der Waals surface area contributed by atoms with E-state index in [1.165, 1.54) is 38.3 Å². The van der Waals surface area contributed by atoms with Crippen LogP contribution in [0.2, 0.25) is 10.0 Å². The molecule has 0 radical (unpaired) electrons. The first kappa shape index (κ1) is 26.4. The molecule has 4 aromatic rings. The first-order valence-electron chi connectivity index (χ1n) is 10.6. The number of phenolic OH excluding ortho intramolecular Hbond substituents is 1. The normalized spacial score (nSPS) is 11.7. The summed E-state index contributed by atoms with van der Waals surface area (Å²) in [6, 6.07) is 15.9. The van der Waals surface area contributed by atoms with Gasteiger partial charge in [-0.05, 0) is 42.1 Å². The highest BCUT2D eigenvalue weighted by atomic mass is 35.5. The molecule has 0 aromatic heterocycles. The minimum atomic E-state index is -4.62. The largest absolute Gasteiger partial charge is 0.505 e. The second-order valence-corrected chi connectivity index (χ2v) is 10.0. The van der Waals surface area contributed by atoms with E-state index < -0.39 is 26.7 Å². The summed E-state index contributed by atoms with van der Waals surface area (Å²) in [5.74, 6) is -0.793. The van der Waals surface area contributed by atoms with Crippen LogP contribution in [0.25, 0.3) is 10.8 Å². The quantitative estimate of drug-likeness (QED) is 0.170. The van der Waals surface area contributed by atoms with E-state index in [2.05, 4.69) is 15.5 Å². The average molecular weight is 560 g/mol. The summed E-state index contributed by atoms with van der Waals surface area (Å²) >= 11 is 12.2. The van der Waals surface area contributed by atoms with E-state index in [0.29, 0.717) is 27.2 Å². The van der Waals surface area contributed by atoms with E-state index >= 15 is 0 Å². The Morgan fingerprint density at radius 1 is 1.03 bits per heavy atom. The number of benzene rings is 4. The molecule has 0 atom stereocenters. The SMILES string of the molecule is COc1cc(Cl)ccc1NC(=O)c1cc2ccccc2c(N=Nc2ccc(C)c(S(=O)(=O)O)c2Cl)c1O. The molecule has 0 spiro atoms. The molecule has 190 valence electrons. The van der Waals surface area contributed by atoms with Crippen LogP contribution in [0.1, 0.15) is 15.9 Å². The van der Waals surface area contributed by atoms with Crippen LogP contribution in [0.4, 0.5) is 17.1 Å². The zero-order valence-electron chi connectivity index (χ0n) is 19.4. The Bertz CT molecular complexity index is 1690. The van der Waals surface area contributed by atoms with E-state index in [9.17, 15) is 22.9 Å². The van der Waals surface area contributed by atoms with E-state index in [-0.39, 0.29) is 27.5 Å². The Hall–Kier alpha value is -3.70. The summed E-state index contributed by atoms with van der Waals surface area (Å²) < 4.78 is 38.3. The molecular weight excluding hydrogens is 541 g/mol. The van der Waals surface area contributed by atoms with E-state index in [4.69, 9.17) is 27.9 Å². The van der Waals surface area contributed by atoms with Gasteiger partial charge in [0.15, 0.2) is 5.75 Å². The van der Waals surface area contributed by atoms with Crippen LogP contribution in [0, 0.1) is 6.92 Å². The van der Waals surface area contributed by atoms with Gasteiger partial charge in [-0.15, -0.1) is 10.2 Å². The van der Waals surface area contributed by atoms with Gasteiger partial charge >= 0.3 is 0 Å². The van der Waals surface area contributed by atoms with Gasteiger partial charge < -0.3 is 15.2 Å². The van der Waals surface area contributed by atoms with Gasteiger partial charge in [-0.1, -0.05) is 53.5 Å². The summed E-state index contributed by atoms with van der Waals surface area (Å²) in [5.41, 5.74) is 0.339. The number of hydrogen-bond acceptors (Lipinski definition) is 7. The lowest BCUT2D eigenvalue weighted by atomic mass is 10.0. The number of amides is 1. The molecule has 4 rings (SSSR count). The van der Waals surface area contributed by atoms with Crippen molar-refractivity contribution in [2.45, 2.75) is 11.8 Å². The molecule has 0 unspecified atom stereocenters. The van der Waals surface area contributed by atoms with Crippen molar-refractivity contribution in [2.75, 3.05) is 12.4 Å².